The number of carbonyl (C=O) groups excluding carboxylic acids is 2. The fourth-order valence-electron chi connectivity index (χ4n) is 2.03. The summed E-state index contributed by atoms with van der Waals surface area (Å²) in [7, 11) is -3.45. The van der Waals surface area contributed by atoms with Crippen LogP contribution in [0.15, 0.2) is 29.2 Å². The van der Waals surface area contributed by atoms with Crippen LogP contribution in [0.3, 0.4) is 0 Å². The van der Waals surface area contributed by atoms with Crippen molar-refractivity contribution in [3.8, 4) is 0 Å². The maximum absolute atomic E-state index is 13.0. The summed E-state index contributed by atoms with van der Waals surface area (Å²) in [6.07, 6.45) is -1.28. The van der Waals surface area contributed by atoms with E-state index in [1.807, 2.05) is 0 Å². The first-order valence-electron chi connectivity index (χ1n) is 7.47. The zero-order valence-corrected chi connectivity index (χ0v) is 15.7. The number of amides is 1. The van der Waals surface area contributed by atoms with E-state index < -0.39 is 40.3 Å². The topological polar surface area (TPSA) is 110 Å². The molecule has 25 heavy (non-hydrogen) atoms. The van der Waals surface area contributed by atoms with Crippen LogP contribution in [0, 0.1) is 6.92 Å². The van der Waals surface area contributed by atoms with Crippen molar-refractivity contribution in [3.63, 3.8) is 0 Å². The maximum atomic E-state index is 13.0. The molecule has 8 nitrogen and oxygen atoms in total. The summed E-state index contributed by atoms with van der Waals surface area (Å²) in [5, 5.41) is 9.51. The number of aliphatic hydroxyl groups excluding tert-OH is 1. The fraction of sp³-hybridized carbons (Fsp3) is 0.500. The second-order valence-electron chi connectivity index (χ2n) is 6.27. The normalized spacial score (nSPS) is 13.0. The second kappa shape index (κ2) is 7.83. The molecule has 0 saturated heterocycles. The Morgan fingerprint density at radius 2 is 1.80 bits per heavy atom. The first-order valence-corrected chi connectivity index (χ1v) is 8.91. The molecule has 140 valence electrons. The number of rotatable bonds is 5. The molecule has 0 bridgehead atoms. The van der Waals surface area contributed by atoms with Crippen LogP contribution < -0.4 is 0 Å². The van der Waals surface area contributed by atoms with Gasteiger partial charge in [-0.15, -0.1) is 0 Å². The van der Waals surface area contributed by atoms with Crippen molar-refractivity contribution < 1.29 is 32.6 Å². The Hall–Kier alpha value is -2.13. The van der Waals surface area contributed by atoms with Crippen LogP contribution in [-0.2, 0) is 24.3 Å². The average molecular weight is 373 g/mol. The molecule has 0 fully saturated rings. The van der Waals surface area contributed by atoms with Gasteiger partial charge in [-0.05, 0) is 39.3 Å². The van der Waals surface area contributed by atoms with Gasteiger partial charge in [-0.3, -0.25) is 0 Å². The Balaban J connectivity index is 3.52. The molecule has 0 heterocycles. The monoisotopic (exact) mass is 373 g/mol. The minimum absolute atomic E-state index is 0.178. The first-order chi connectivity index (χ1) is 11.5. The molecule has 0 aliphatic rings. The van der Waals surface area contributed by atoms with Gasteiger partial charge in [0.2, 0.25) is 0 Å². The predicted octanol–water partition coefficient (Wildman–Crippen LogP) is 1.45. The molecule has 0 unspecified atom stereocenters. The van der Waals surface area contributed by atoms with E-state index in [4.69, 9.17) is 4.74 Å². The molecule has 1 rings (SSSR count). The van der Waals surface area contributed by atoms with Gasteiger partial charge in [0.1, 0.15) is 5.60 Å². The van der Waals surface area contributed by atoms with E-state index in [0.717, 1.165) is 7.11 Å². The Labute approximate surface area is 147 Å². The van der Waals surface area contributed by atoms with E-state index >= 15 is 0 Å². The molecule has 1 atom stereocenters. The van der Waals surface area contributed by atoms with Crippen LogP contribution >= 0.6 is 0 Å². The van der Waals surface area contributed by atoms with Crippen LogP contribution in [0.2, 0.25) is 0 Å². The summed E-state index contributed by atoms with van der Waals surface area (Å²) in [5.74, 6) is -1.08. The largest absolute Gasteiger partial charge is 0.467 e. The summed E-state index contributed by atoms with van der Waals surface area (Å²) < 4.78 is 35.9. The minimum atomic E-state index is -4.47. The number of hydrogen-bond acceptors (Lipinski definition) is 7. The lowest BCUT2D eigenvalue weighted by molar-refractivity contribution is -0.146. The molecule has 0 aliphatic heterocycles. The molecule has 0 spiro atoms. The number of carbonyl (C=O) groups is 2. The number of ether oxygens (including phenoxy) is 2. The van der Waals surface area contributed by atoms with Crippen molar-refractivity contribution in [3.05, 3.63) is 29.8 Å². The zero-order chi connectivity index (χ0) is 19.4. The third-order valence-corrected chi connectivity index (χ3v) is 5.07. The zero-order valence-electron chi connectivity index (χ0n) is 14.8. The summed E-state index contributed by atoms with van der Waals surface area (Å²) in [5.41, 5.74) is -0.634. The Morgan fingerprint density at radius 1 is 1.24 bits per heavy atom. The molecule has 0 saturated carbocycles. The Morgan fingerprint density at radius 3 is 2.24 bits per heavy atom. The Kier molecular flexibility index (Phi) is 6.55. The van der Waals surface area contributed by atoms with E-state index in [-0.39, 0.29) is 9.20 Å². The van der Waals surface area contributed by atoms with Crippen LogP contribution in [0.5, 0.6) is 0 Å². The first kappa shape index (κ1) is 20.9. The van der Waals surface area contributed by atoms with Crippen molar-refractivity contribution in [2.45, 2.75) is 44.2 Å². The summed E-state index contributed by atoms with van der Waals surface area (Å²) in [6.45, 7) is 5.25. The minimum Gasteiger partial charge on any atom is -0.467 e. The van der Waals surface area contributed by atoms with Gasteiger partial charge in [0, 0.05) is 0 Å². The predicted molar refractivity (Wildman–Crippen MR) is 89.3 cm³/mol. The molecule has 0 aliphatic carbocycles. The lowest BCUT2D eigenvalue weighted by Gasteiger charge is -2.30. The van der Waals surface area contributed by atoms with E-state index in [0.29, 0.717) is 5.56 Å². The summed E-state index contributed by atoms with van der Waals surface area (Å²) in [4.78, 5) is 24.3. The molecule has 0 aromatic heterocycles. The van der Waals surface area contributed by atoms with Gasteiger partial charge in [0.15, 0.2) is 6.04 Å². The van der Waals surface area contributed by atoms with Crippen LogP contribution in [0.25, 0.3) is 0 Å². The molecule has 9 heteroatoms. The van der Waals surface area contributed by atoms with Gasteiger partial charge in [0.25, 0.3) is 10.0 Å². The van der Waals surface area contributed by atoms with Crippen molar-refractivity contribution >= 4 is 22.1 Å². The van der Waals surface area contributed by atoms with Crippen molar-refractivity contribution in [1.82, 2.24) is 4.31 Å². The van der Waals surface area contributed by atoms with Gasteiger partial charge >= 0.3 is 12.1 Å². The molecular weight excluding hydrogens is 350 g/mol. The number of methoxy groups -OCH3 is 1. The molecule has 0 radical (unpaired) electrons. The highest BCUT2D eigenvalue weighted by atomic mass is 32.2. The van der Waals surface area contributed by atoms with E-state index in [2.05, 4.69) is 4.74 Å². The molecule has 1 amide bonds. The number of aryl methyl sites for hydroxylation is 1. The number of hydrogen-bond donors (Lipinski definition) is 1. The fourth-order valence-corrected chi connectivity index (χ4v) is 3.69. The third kappa shape index (κ3) is 4.93. The summed E-state index contributed by atoms with van der Waals surface area (Å²) >= 11 is 0. The highest BCUT2D eigenvalue weighted by Crippen LogP contribution is 2.24. The van der Waals surface area contributed by atoms with Crippen LogP contribution in [-0.4, -0.2) is 55.3 Å². The molecular formula is C16H23NO7S. The van der Waals surface area contributed by atoms with Crippen LogP contribution in [0.1, 0.15) is 26.3 Å². The number of sulfonamides is 1. The number of esters is 1. The van der Waals surface area contributed by atoms with Crippen molar-refractivity contribution in [1.29, 1.82) is 0 Å². The second-order valence-corrected chi connectivity index (χ2v) is 8.05. The average Bonchev–Trinajstić information content (AvgIpc) is 2.49. The van der Waals surface area contributed by atoms with Crippen LogP contribution in [0.4, 0.5) is 4.79 Å². The highest BCUT2D eigenvalue weighted by Gasteiger charge is 2.43. The smallest absolute Gasteiger partial charge is 0.425 e. The Bertz CT molecular complexity index is 737. The van der Waals surface area contributed by atoms with E-state index in [1.165, 1.54) is 12.1 Å². The third-order valence-electron chi connectivity index (χ3n) is 3.13. The molecule has 1 aromatic rings. The SMILES string of the molecule is COC(=O)[C@H](CO)N(C(=O)OC(C)(C)C)S(=O)(=O)c1ccccc1C. The maximum Gasteiger partial charge on any atom is 0.425 e. The lowest BCUT2D eigenvalue weighted by Crippen LogP contribution is -2.52. The standard InChI is InChI=1S/C16H23NO7S/c1-11-8-6-7-9-13(11)25(21,22)17(12(10-18)14(19)23-5)15(20)24-16(2,3)4/h6-9,12,18H,10H2,1-5H3/t12-/m0/s1. The van der Waals surface area contributed by atoms with Crippen molar-refractivity contribution in [2.75, 3.05) is 13.7 Å². The van der Waals surface area contributed by atoms with E-state index in [1.54, 1.807) is 39.8 Å². The van der Waals surface area contributed by atoms with Gasteiger partial charge in [-0.25, -0.2) is 18.0 Å². The molecule has 1 N–H and O–H groups in total. The summed E-state index contributed by atoms with van der Waals surface area (Å²) in [6, 6.07) is 4.21. The van der Waals surface area contributed by atoms with Crippen molar-refractivity contribution in [2.24, 2.45) is 0 Å². The van der Waals surface area contributed by atoms with E-state index in [9.17, 15) is 23.1 Å². The van der Waals surface area contributed by atoms with Gasteiger partial charge in [-0.1, -0.05) is 18.2 Å². The number of nitrogens with zero attached hydrogens (tertiary/aromatic N) is 1. The lowest BCUT2D eigenvalue weighted by atomic mass is 10.2. The van der Waals surface area contributed by atoms with Gasteiger partial charge in [-0.2, -0.15) is 4.31 Å². The molecule has 1 aromatic carbocycles. The number of benzene rings is 1. The quantitative estimate of drug-likeness (QED) is 0.778. The number of aliphatic hydroxyl groups is 1. The van der Waals surface area contributed by atoms with Gasteiger partial charge < -0.3 is 14.6 Å². The highest BCUT2D eigenvalue weighted by molar-refractivity contribution is 7.89. The van der Waals surface area contributed by atoms with Gasteiger partial charge in [0.05, 0.1) is 18.6 Å².